The van der Waals surface area contributed by atoms with Gasteiger partial charge in [-0.15, -0.1) is 0 Å². The zero-order valence-electron chi connectivity index (χ0n) is 13.7. The topological polar surface area (TPSA) is 55.6 Å². The minimum atomic E-state index is -4.46. The summed E-state index contributed by atoms with van der Waals surface area (Å²) in [7, 11) is 0. The second kappa shape index (κ2) is 7.25. The molecule has 0 bridgehead atoms. The Balaban J connectivity index is 2.17. The molecule has 24 heavy (non-hydrogen) atoms. The van der Waals surface area contributed by atoms with Crippen LogP contribution in [0.25, 0.3) is 5.57 Å². The molecule has 0 fully saturated rings. The highest BCUT2D eigenvalue weighted by Crippen LogP contribution is 2.33. The molecule has 0 aromatic heterocycles. The van der Waals surface area contributed by atoms with Crippen LogP contribution in [0.5, 0.6) is 0 Å². The van der Waals surface area contributed by atoms with Gasteiger partial charge in [0.05, 0.1) is 24.3 Å². The Bertz CT molecular complexity index is 641. The fraction of sp³-hybridized carbons (Fsp3) is 0.471. The molecule has 1 aliphatic heterocycles. The molecule has 1 atom stereocenters. The molecule has 0 radical (unpaired) electrons. The lowest BCUT2D eigenvalue weighted by atomic mass is 10.0. The maximum Gasteiger partial charge on any atom is 0.416 e. The van der Waals surface area contributed by atoms with Gasteiger partial charge in [-0.1, -0.05) is 19.1 Å². The van der Waals surface area contributed by atoms with Crippen LogP contribution in [0.1, 0.15) is 25.0 Å². The van der Waals surface area contributed by atoms with E-state index in [1.807, 2.05) is 13.8 Å². The fourth-order valence-electron chi connectivity index (χ4n) is 2.71. The van der Waals surface area contributed by atoms with E-state index in [9.17, 15) is 18.0 Å². The minimum Gasteiger partial charge on any atom is -0.400 e. The summed E-state index contributed by atoms with van der Waals surface area (Å²) < 4.78 is 43.9. The van der Waals surface area contributed by atoms with Gasteiger partial charge in [0, 0.05) is 18.8 Å². The number of nitrogens with two attached hydrogens (primary N) is 1. The van der Waals surface area contributed by atoms with Crippen molar-refractivity contribution in [2.24, 2.45) is 11.7 Å². The van der Waals surface area contributed by atoms with Gasteiger partial charge in [-0.25, -0.2) is 0 Å². The predicted molar refractivity (Wildman–Crippen MR) is 84.8 cm³/mol. The van der Waals surface area contributed by atoms with E-state index in [0.717, 1.165) is 12.1 Å². The van der Waals surface area contributed by atoms with E-state index in [2.05, 4.69) is 0 Å². The van der Waals surface area contributed by atoms with Gasteiger partial charge in [0.1, 0.15) is 0 Å². The molecule has 1 aliphatic rings. The van der Waals surface area contributed by atoms with Gasteiger partial charge in [0.2, 0.25) is 0 Å². The Labute approximate surface area is 139 Å². The molecule has 1 amide bonds. The van der Waals surface area contributed by atoms with Gasteiger partial charge in [-0.2, -0.15) is 13.2 Å². The lowest BCUT2D eigenvalue weighted by Gasteiger charge is -2.21. The van der Waals surface area contributed by atoms with Crippen LogP contribution >= 0.6 is 0 Å². The first-order chi connectivity index (χ1) is 11.2. The van der Waals surface area contributed by atoms with Gasteiger partial charge in [-0.3, -0.25) is 4.79 Å². The summed E-state index contributed by atoms with van der Waals surface area (Å²) in [5.74, 6) is -0.224. The molecule has 0 saturated carbocycles. The second-order valence-electron chi connectivity index (χ2n) is 5.93. The van der Waals surface area contributed by atoms with Crippen LogP contribution in [0.4, 0.5) is 13.2 Å². The highest BCUT2D eigenvalue weighted by atomic mass is 19.4. The number of carbonyl (C=O) groups is 1. The average molecular weight is 342 g/mol. The first-order valence-corrected chi connectivity index (χ1v) is 7.77. The van der Waals surface area contributed by atoms with Crippen LogP contribution in [-0.2, 0) is 15.7 Å². The molecule has 1 aromatic rings. The summed E-state index contributed by atoms with van der Waals surface area (Å²) in [5.41, 5.74) is 5.79. The lowest BCUT2D eigenvalue weighted by molar-refractivity contribution is -0.137. The van der Waals surface area contributed by atoms with Crippen LogP contribution in [0.2, 0.25) is 0 Å². The number of hydrogen-bond donors (Lipinski definition) is 1. The molecule has 1 heterocycles. The van der Waals surface area contributed by atoms with Gasteiger partial charge in [0.15, 0.2) is 0 Å². The summed E-state index contributed by atoms with van der Waals surface area (Å²) in [4.78, 5) is 14.1. The Morgan fingerprint density at radius 3 is 2.71 bits per heavy atom. The summed E-state index contributed by atoms with van der Waals surface area (Å²) in [6.07, 6.45) is -4.46. The molecule has 2 N–H and O–H groups in total. The molecule has 0 unspecified atom stereocenters. The third kappa shape index (κ3) is 4.08. The van der Waals surface area contributed by atoms with Crippen molar-refractivity contribution < 1.29 is 22.7 Å². The Morgan fingerprint density at radius 1 is 1.38 bits per heavy atom. The largest absolute Gasteiger partial charge is 0.416 e. The molecule has 1 aromatic carbocycles. The van der Waals surface area contributed by atoms with Crippen molar-refractivity contribution in [1.29, 1.82) is 0 Å². The zero-order chi connectivity index (χ0) is 17.9. The SMILES string of the molecule is CCOC[C@H](C)CN1CC(N)=C(c2cccc(C(F)(F)F)c2)C1=O. The van der Waals surface area contributed by atoms with E-state index in [1.165, 1.54) is 12.1 Å². The van der Waals surface area contributed by atoms with Crippen molar-refractivity contribution in [3.05, 3.63) is 41.1 Å². The maximum absolute atomic E-state index is 12.9. The molecule has 0 aliphatic carbocycles. The molecule has 132 valence electrons. The first kappa shape index (κ1) is 18.3. The summed E-state index contributed by atoms with van der Waals surface area (Å²) >= 11 is 0. The van der Waals surface area contributed by atoms with Crippen LogP contribution in [0.15, 0.2) is 30.0 Å². The number of benzene rings is 1. The fourth-order valence-corrected chi connectivity index (χ4v) is 2.71. The molecular weight excluding hydrogens is 321 g/mol. The molecule has 0 saturated heterocycles. The summed E-state index contributed by atoms with van der Waals surface area (Å²) in [6, 6.07) is 4.70. The number of hydrogen-bond acceptors (Lipinski definition) is 3. The zero-order valence-corrected chi connectivity index (χ0v) is 13.7. The van der Waals surface area contributed by atoms with E-state index >= 15 is 0 Å². The normalized spacial score (nSPS) is 16.9. The van der Waals surface area contributed by atoms with E-state index < -0.39 is 11.7 Å². The van der Waals surface area contributed by atoms with Crippen molar-refractivity contribution in [2.45, 2.75) is 20.0 Å². The Morgan fingerprint density at radius 2 is 2.08 bits per heavy atom. The summed E-state index contributed by atoms with van der Waals surface area (Å²) in [6.45, 7) is 5.61. The minimum absolute atomic E-state index is 0.113. The number of amides is 1. The third-order valence-corrected chi connectivity index (χ3v) is 3.80. The highest BCUT2D eigenvalue weighted by molar-refractivity contribution is 6.22. The third-order valence-electron chi connectivity index (χ3n) is 3.80. The van der Waals surface area contributed by atoms with E-state index in [4.69, 9.17) is 10.5 Å². The number of nitrogens with zero attached hydrogens (tertiary/aromatic N) is 1. The molecule has 0 spiro atoms. The number of rotatable bonds is 6. The molecular formula is C17H21F3N2O2. The van der Waals surface area contributed by atoms with Crippen LogP contribution in [-0.4, -0.2) is 37.1 Å². The first-order valence-electron chi connectivity index (χ1n) is 7.77. The second-order valence-corrected chi connectivity index (χ2v) is 5.93. The van der Waals surface area contributed by atoms with Crippen LogP contribution in [0.3, 0.4) is 0 Å². The molecule has 2 rings (SSSR count). The van der Waals surface area contributed by atoms with Gasteiger partial charge in [-0.05, 0) is 30.5 Å². The average Bonchev–Trinajstić information content (AvgIpc) is 2.78. The van der Waals surface area contributed by atoms with E-state index in [1.54, 1.807) is 4.90 Å². The van der Waals surface area contributed by atoms with Crippen molar-refractivity contribution in [1.82, 2.24) is 4.90 Å². The van der Waals surface area contributed by atoms with Crippen molar-refractivity contribution in [2.75, 3.05) is 26.3 Å². The lowest BCUT2D eigenvalue weighted by Crippen LogP contribution is -2.33. The summed E-state index contributed by atoms with van der Waals surface area (Å²) in [5, 5.41) is 0. The highest BCUT2D eigenvalue weighted by Gasteiger charge is 2.34. The van der Waals surface area contributed by atoms with E-state index in [-0.39, 0.29) is 29.5 Å². The predicted octanol–water partition coefficient (Wildman–Crippen LogP) is 2.89. The van der Waals surface area contributed by atoms with Crippen molar-refractivity contribution in [3.63, 3.8) is 0 Å². The van der Waals surface area contributed by atoms with Crippen LogP contribution < -0.4 is 5.73 Å². The maximum atomic E-state index is 12.9. The monoisotopic (exact) mass is 342 g/mol. The quantitative estimate of drug-likeness (QED) is 0.865. The number of carbonyl (C=O) groups excluding carboxylic acids is 1. The number of halogens is 3. The number of alkyl halides is 3. The Hall–Kier alpha value is -2.02. The van der Waals surface area contributed by atoms with E-state index in [0.29, 0.717) is 25.5 Å². The molecule has 7 heteroatoms. The Kier molecular flexibility index (Phi) is 5.54. The molecule has 4 nitrogen and oxygen atoms in total. The van der Waals surface area contributed by atoms with Gasteiger partial charge < -0.3 is 15.4 Å². The van der Waals surface area contributed by atoms with Crippen molar-refractivity contribution in [3.8, 4) is 0 Å². The smallest absolute Gasteiger partial charge is 0.400 e. The van der Waals surface area contributed by atoms with Gasteiger partial charge in [0.25, 0.3) is 5.91 Å². The number of ether oxygens (including phenoxy) is 1. The van der Waals surface area contributed by atoms with Crippen LogP contribution in [0, 0.1) is 5.92 Å². The standard InChI is InChI=1S/C17H21F3N2O2/c1-3-24-10-11(2)8-22-9-14(21)15(16(22)23)12-5-4-6-13(7-12)17(18,19)20/h4-7,11H,3,8-10,21H2,1-2H3/t11-/m1/s1. The van der Waals surface area contributed by atoms with Crippen molar-refractivity contribution >= 4 is 11.5 Å². The van der Waals surface area contributed by atoms with Gasteiger partial charge >= 0.3 is 6.18 Å².